The molecule has 0 atom stereocenters. The molecule has 3 rings (SSSR count). The monoisotopic (exact) mass is 409 g/mol. The van der Waals surface area contributed by atoms with Gasteiger partial charge in [-0.15, -0.1) is 5.06 Å². The quantitative estimate of drug-likeness (QED) is 0.312. The number of ether oxygens (including phenoxy) is 2. The van der Waals surface area contributed by atoms with E-state index in [0.717, 1.165) is 6.07 Å². The van der Waals surface area contributed by atoms with Gasteiger partial charge in [0.2, 0.25) is 6.79 Å². The van der Waals surface area contributed by atoms with E-state index in [1.54, 1.807) is 0 Å². The van der Waals surface area contributed by atoms with Crippen LogP contribution in [0.2, 0.25) is 5.02 Å². The second-order valence-corrected chi connectivity index (χ2v) is 6.03. The summed E-state index contributed by atoms with van der Waals surface area (Å²) in [6.45, 7) is 0.807. The van der Waals surface area contributed by atoms with Gasteiger partial charge in [-0.2, -0.15) is 0 Å². The van der Waals surface area contributed by atoms with Gasteiger partial charge in [-0.3, -0.25) is 14.4 Å². The molecule has 2 aromatic rings. The molecular weight excluding hydrogens is 398 g/mol. The lowest BCUT2D eigenvalue weighted by Gasteiger charge is -2.12. The average molecular weight is 410 g/mol. The molecule has 2 amide bonds. The fraction of sp³-hybridized carbons (Fsp3) is 0.235. The Morgan fingerprint density at radius 3 is 2.46 bits per heavy atom. The van der Waals surface area contributed by atoms with Crippen LogP contribution in [0.15, 0.2) is 27.4 Å². The maximum Gasteiger partial charge on any atom is 0.371 e. The summed E-state index contributed by atoms with van der Waals surface area (Å²) in [7, 11) is 0. The highest BCUT2D eigenvalue weighted by atomic mass is 35.5. The first kappa shape index (κ1) is 19.4. The summed E-state index contributed by atoms with van der Waals surface area (Å²) in [5.41, 5.74) is -1.54. The van der Waals surface area contributed by atoms with Gasteiger partial charge in [-0.25, -0.2) is 9.59 Å². The molecule has 2 heterocycles. The minimum Gasteiger partial charge on any atom is -0.456 e. The number of amides is 2. The van der Waals surface area contributed by atoms with Gasteiger partial charge in [-0.1, -0.05) is 11.6 Å². The molecule has 1 fully saturated rings. The first-order valence-corrected chi connectivity index (χ1v) is 8.25. The fourth-order valence-corrected chi connectivity index (χ4v) is 2.57. The number of carbonyl (C=O) groups is 4. The van der Waals surface area contributed by atoms with E-state index < -0.39 is 41.7 Å². The number of hydrogen-bond donors (Lipinski definition) is 0. The van der Waals surface area contributed by atoms with Crippen LogP contribution in [0.25, 0.3) is 11.0 Å². The number of hydroxylamine groups is 2. The van der Waals surface area contributed by atoms with Gasteiger partial charge < -0.3 is 18.7 Å². The standard InChI is InChI=1S/C17H12ClNO9/c1-8(20)25-7-26-13-6-12-9(5-11(13)18)4-10(16(23)27-12)17(24)28-19-14(21)2-3-15(19)22/h4-6H,2-3,7H2,1H3. The number of esters is 1. The van der Waals surface area contributed by atoms with Crippen molar-refractivity contribution in [3.8, 4) is 5.75 Å². The number of rotatable bonds is 5. The van der Waals surface area contributed by atoms with Crippen molar-refractivity contribution in [3.05, 3.63) is 39.2 Å². The molecule has 1 aromatic carbocycles. The summed E-state index contributed by atoms with van der Waals surface area (Å²) < 4.78 is 14.9. The van der Waals surface area contributed by atoms with E-state index in [2.05, 4.69) is 4.74 Å². The lowest BCUT2D eigenvalue weighted by Crippen LogP contribution is -2.33. The summed E-state index contributed by atoms with van der Waals surface area (Å²) in [5, 5.41) is 0.679. The molecular formula is C17H12ClNO9. The second kappa shape index (κ2) is 7.69. The van der Waals surface area contributed by atoms with Gasteiger partial charge >= 0.3 is 17.6 Å². The molecule has 28 heavy (non-hydrogen) atoms. The Bertz CT molecular complexity index is 1040. The topological polar surface area (TPSA) is 129 Å². The Balaban J connectivity index is 1.87. The minimum absolute atomic E-state index is 0.0390. The van der Waals surface area contributed by atoms with Crippen LogP contribution in [0, 0.1) is 0 Å². The van der Waals surface area contributed by atoms with Crippen molar-refractivity contribution < 1.29 is 37.9 Å². The fourth-order valence-electron chi connectivity index (χ4n) is 2.34. The summed E-state index contributed by atoms with van der Waals surface area (Å²) in [6.07, 6.45) is -0.158. The van der Waals surface area contributed by atoms with Crippen molar-refractivity contribution in [2.24, 2.45) is 0 Å². The van der Waals surface area contributed by atoms with E-state index in [9.17, 15) is 24.0 Å². The Morgan fingerprint density at radius 1 is 1.14 bits per heavy atom. The first-order chi connectivity index (χ1) is 13.3. The largest absolute Gasteiger partial charge is 0.456 e. The third-order valence-electron chi connectivity index (χ3n) is 3.66. The minimum atomic E-state index is -1.22. The maximum absolute atomic E-state index is 12.2. The van der Waals surface area contributed by atoms with Gasteiger partial charge in [0.1, 0.15) is 16.9 Å². The summed E-state index contributed by atoms with van der Waals surface area (Å²) in [4.78, 5) is 62.8. The lowest BCUT2D eigenvalue weighted by molar-refractivity contribution is -0.172. The average Bonchev–Trinajstić information content (AvgIpc) is 2.93. The number of imide groups is 1. The van der Waals surface area contributed by atoms with Gasteiger partial charge in [0.15, 0.2) is 0 Å². The van der Waals surface area contributed by atoms with Crippen molar-refractivity contribution in [2.75, 3.05) is 6.79 Å². The van der Waals surface area contributed by atoms with Crippen molar-refractivity contribution in [1.82, 2.24) is 5.06 Å². The van der Waals surface area contributed by atoms with E-state index in [0.29, 0.717) is 5.06 Å². The van der Waals surface area contributed by atoms with Gasteiger partial charge in [0.25, 0.3) is 11.8 Å². The van der Waals surface area contributed by atoms with Crippen molar-refractivity contribution >= 4 is 46.3 Å². The molecule has 0 N–H and O–H groups in total. The molecule has 146 valence electrons. The first-order valence-electron chi connectivity index (χ1n) is 7.88. The Hall–Kier alpha value is -3.40. The molecule has 0 spiro atoms. The number of carbonyl (C=O) groups excluding carboxylic acids is 4. The van der Waals surface area contributed by atoms with Crippen LogP contribution >= 0.6 is 11.6 Å². The molecule has 1 aromatic heterocycles. The third-order valence-corrected chi connectivity index (χ3v) is 3.96. The molecule has 0 saturated carbocycles. The van der Waals surface area contributed by atoms with Crippen LogP contribution in [0.3, 0.4) is 0 Å². The highest BCUT2D eigenvalue weighted by molar-refractivity contribution is 6.32. The van der Waals surface area contributed by atoms with Crippen LogP contribution in [0.4, 0.5) is 0 Å². The predicted molar refractivity (Wildman–Crippen MR) is 91.3 cm³/mol. The van der Waals surface area contributed by atoms with Crippen LogP contribution in [0.5, 0.6) is 5.75 Å². The Morgan fingerprint density at radius 2 is 1.82 bits per heavy atom. The smallest absolute Gasteiger partial charge is 0.371 e. The van der Waals surface area contributed by atoms with Crippen LogP contribution in [0.1, 0.15) is 30.1 Å². The molecule has 0 unspecified atom stereocenters. The number of hydrogen-bond acceptors (Lipinski definition) is 9. The third kappa shape index (κ3) is 3.96. The van der Waals surface area contributed by atoms with Crippen LogP contribution < -0.4 is 10.4 Å². The van der Waals surface area contributed by atoms with E-state index in [1.165, 1.54) is 19.1 Å². The highest BCUT2D eigenvalue weighted by Gasteiger charge is 2.34. The molecule has 10 nitrogen and oxygen atoms in total. The maximum atomic E-state index is 12.2. The SMILES string of the molecule is CC(=O)OCOc1cc2oc(=O)c(C(=O)ON3C(=O)CCC3=O)cc2cc1Cl. The number of nitrogens with zero attached hydrogens (tertiary/aromatic N) is 1. The molecule has 0 bridgehead atoms. The Kier molecular flexibility index (Phi) is 5.32. The molecule has 11 heteroatoms. The zero-order valence-electron chi connectivity index (χ0n) is 14.4. The summed E-state index contributed by atoms with van der Waals surface area (Å²) in [5.74, 6) is -3.04. The predicted octanol–water partition coefficient (Wildman–Crippen LogP) is 1.57. The van der Waals surface area contributed by atoms with Gasteiger partial charge in [0, 0.05) is 31.2 Å². The van der Waals surface area contributed by atoms with E-state index in [4.69, 9.17) is 25.6 Å². The molecule has 0 radical (unpaired) electrons. The zero-order valence-corrected chi connectivity index (χ0v) is 15.1. The van der Waals surface area contributed by atoms with E-state index in [1.807, 2.05) is 0 Å². The van der Waals surface area contributed by atoms with Crippen LogP contribution in [-0.4, -0.2) is 35.6 Å². The molecule has 1 saturated heterocycles. The molecule has 0 aliphatic carbocycles. The molecule has 1 aliphatic heterocycles. The normalized spacial score (nSPS) is 13.7. The lowest BCUT2D eigenvalue weighted by atomic mass is 10.2. The summed E-state index contributed by atoms with van der Waals surface area (Å²) in [6, 6.07) is 3.79. The molecule has 1 aliphatic rings. The van der Waals surface area contributed by atoms with Crippen molar-refractivity contribution in [3.63, 3.8) is 0 Å². The Labute approximate surface area is 161 Å². The van der Waals surface area contributed by atoms with Crippen LogP contribution in [-0.2, 0) is 24.0 Å². The summed E-state index contributed by atoms with van der Waals surface area (Å²) >= 11 is 6.07. The number of benzene rings is 1. The van der Waals surface area contributed by atoms with Crippen molar-refractivity contribution in [1.29, 1.82) is 0 Å². The zero-order chi connectivity index (χ0) is 20.4. The van der Waals surface area contributed by atoms with Gasteiger partial charge in [0.05, 0.1) is 5.02 Å². The highest BCUT2D eigenvalue weighted by Crippen LogP contribution is 2.30. The number of fused-ring (bicyclic) bond motifs is 1. The van der Waals surface area contributed by atoms with E-state index >= 15 is 0 Å². The van der Waals surface area contributed by atoms with Crippen molar-refractivity contribution in [2.45, 2.75) is 19.8 Å². The second-order valence-electron chi connectivity index (χ2n) is 5.63. The number of halogens is 1. The van der Waals surface area contributed by atoms with E-state index in [-0.39, 0.29) is 34.6 Å². The van der Waals surface area contributed by atoms with Gasteiger partial charge in [-0.05, 0) is 12.1 Å².